The van der Waals surface area contributed by atoms with E-state index in [2.05, 4.69) is 4.74 Å². The molecule has 0 saturated carbocycles. The predicted octanol–water partition coefficient (Wildman–Crippen LogP) is 2.14. The van der Waals surface area contributed by atoms with Crippen LogP contribution in [0.3, 0.4) is 0 Å². The van der Waals surface area contributed by atoms with Gasteiger partial charge in [0.1, 0.15) is 0 Å². The van der Waals surface area contributed by atoms with Crippen LogP contribution in [0, 0.1) is 5.92 Å². The molecule has 0 N–H and O–H groups in total. The molecular weight excluding hydrogens is 173 g/mol. The van der Waals surface area contributed by atoms with Gasteiger partial charge in [0.05, 0.1) is 6.61 Å². The number of hydrogen-bond acceptors (Lipinski definition) is 2. The Morgan fingerprint density at radius 3 is 2.33 bits per heavy atom. The molecule has 72 valence electrons. The first-order valence-electron chi connectivity index (χ1n) is 3.61. The molecular formula is C7H11F3O2. The molecule has 0 radical (unpaired) electrons. The van der Waals surface area contributed by atoms with Gasteiger partial charge in [-0.05, 0) is 5.92 Å². The topological polar surface area (TPSA) is 26.3 Å². The molecule has 2 nitrogen and oxygen atoms in total. The minimum Gasteiger partial charge on any atom is -0.459 e. The van der Waals surface area contributed by atoms with Crippen LogP contribution in [0.5, 0.6) is 0 Å². The Hall–Kier alpha value is -0.740. The second-order valence-electron chi connectivity index (χ2n) is 2.61. The molecule has 0 bridgehead atoms. The number of alkyl halides is 3. The minimum absolute atomic E-state index is 0.0312. The molecule has 0 amide bonds. The van der Waals surface area contributed by atoms with Gasteiger partial charge >= 0.3 is 12.1 Å². The van der Waals surface area contributed by atoms with Gasteiger partial charge in [-0.3, -0.25) is 0 Å². The van der Waals surface area contributed by atoms with Gasteiger partial charge in [0.15, 0.2) is 0 Å². The number of esters is 1. The third-order valence-electron chi connectivity index (χ3n) is 1.43. The summed E-state index contributed by atoms with van der Waals surface area (Å²) in [7, 11) is 0. The minimum atomic E-state index is -4.87. The lowest BCUT2D eigenvalue weighted by Gasteiger charge is -2.10. The molecule has 0 aromatic carbocycles. The molecule has 0 aromatic rings. The van der Waals surface area contributed by atoms with E-state index in [1.807, 2.05) is 6.92 Å². The number of ether oxygens (including phenoxy) is 1. The Morgan fingerprint density at radius 2 is 2.00 bits per heavy atom. The maximum atomic E-state index is 11.5. The SMILES string of the molecule is CCC(C)COC(=O)C(F)(F)F. The van der Waals surface area contributed by atoms with E-state index in [1.165, 1.54) is 0 Å². The largest absolute Gasteiger partial charge is 0.490 e. The molecule has 0 spiro atoms. The highest BCUT2D eigenvalue weighted by atomic mass is 19.4. The van der Waals surface area contributed by atoms with Crippen LogP contribution in [-0.4, -0.2) is 18.8 Å². The second-order valence-corrected chi connectivity index (χ2v) is 2.61. The molecule has 1 atom stereocenters. The lowest BCUT2D eigenvalue weighted by molar-refractivity contribution is -0.200. The highest BCUT2D eigenvalue weighted by molar-refractivity contribution is 5.75. The van der Waals surface area contributed by atoms with E-state index in [9.17, 15) is 18.0 Å². The fourth-order valence-corrected chi connectivity index (χ4v) is 0.418. The summed E-state index contributed by atoms with van der Waals surface area (Å²) in [6.45, 7) is 3.35. The van der Waals surface area contributed by atoms with Crippen LogP contribution >= 0.6 is 0 Å². The molecule has 5 heteroatoms. The number of carbonyl (C=O) groups is 1. The molecule has 0 aromatic heterocycles. The van der Waals surface area contributed by atoms with E-state index < -0.39 is 12.1 Å². The Morgan fingerprint density at radius 1 is 1.50 bits per heavy atom. The maximum Gasteiger partial charge on any atom is 0.490 e. The molecule has 1 unspecified atom stereocenters. The van der Waals surface area contributed by atoms with Gasteiger partial charge in [-0.15, -0.1) is 0 Å². The van der Waals surface area contributed by atoms with E-state index in [4.69, 9.17) is 0 Å². The van der Waals surface area contributed by atoms with Gasteiger partial charge in [-0.2, -0.15) is 13.2 Å². The fourth-order valence-electron chi connectivity index (χ4n) is 0.418. The fraction of sp³-hybridized carbons (Fsp3) is 0.857. The molecule has 12 heavy (non-hydrogen) atoms. The maximum absolute atomic E-state index is 11.5. The summed E-state index contributed by atoms with van der Waals surface area (Å²) >= 11 is 0. The average Bonchev–Trinajstić information content (AvgIpc) is 1.97. The van der Waals surface area contributed by atoms with Crippen LogP contribution < -0.4 is 0 Å². The van der Waals surface area contributed by atoms with E-state index in [0.29, 0.717) is 6.42 Å². The van der Waals surface area contributed by atoms with Gasteiger partial charge in [0, 0.05) is 0 Å². The molecule has 0 fully saturated rings. The van der Waals surface area contributed by atoms with Crippen LogP contribution in [0.4, 0.5) is 13.2 Å². The van der Waals surface area contributed by atoms with E-state index in [1.54, 1.807) is 6.92 Å². The Balaban J connectivity index is 3.73. The Bertz CT molecular complexity index is 153. The van der Waals surface area contributed by atoms with Crippen LogP contribution in [0.1, 0.15) is 20.3 Å². The molecule has 0 rings (SSSR count). The first kappa shape index (κ1) is 11.3. The standard InChI is InChI=1S/C7H11F3O2/c1-3-5(2)4-12-6(11)7(8,9)10/h5H,3-4H2,1-2H3. The highest BCUT2D eigenvalue weighted by Crippen LogP contribution is 2.17. The summed E-state index contributed by atoms with van der Waals surface area (Å²) in [6.07, 6.45) is -4.18. The van der Waals surface area contributed by atoms with Crippen molar-refractivity contribution in [2.24, 2.45) is 5.92 Å². The van der Waals surface area contributed by atoms with Gasteiger partial charge in [-0.25, -0.2) is 4.79 Å². The van der Waals surface area contributed by atoms with Crippen molar-refractivity contribution in [3.63, 3.8) is 0 Å². The summed E-state index contributed by atoms with van der Waals surface area (Å²) in [5.74, 6) is -2.14. The lowest BCUT2D eigenvalue weighted by atomic mass is 10.1. The summed E-state index contributed by atoms with van der Waals surface area (Å²) in [5.41, 5.74) is 0. The first-order valence-corrected chi connectivity index (χ1v) is 3.61. The van der Waals surface area contributed by atoms with Crippen molar-refractivity contribution >= 4 is 5.97 Å². The highest BCUT2D eigenvalue weighted by Gasteiger charge is 2.40. The smallest absolute Gasteiger partial charge is 0.459 e. The Kier molecular flexibility index (Phi) is 4.06. The van der Waals surface area contributed by atoms with Crippen LogP contribution in [0.2, 0.25) is 0 Å². The first-order chi connectivity index (χ1) is 5.38. The molecule has 0 saturated heterocycles. The van der Waals surface area contributed by atoms with Crippen LogP contribution in [0.25, 0.3) is 0 Å². The molecule has 0 aliphatic rings. The lowest BCUT2D eigenvalue weighted by Crippen LogP contribution is -2.27. The van der Waals surface area contributed by atoms with Crippen molar-refractivity contribution in [2.75, 3.05) is 6.61 Å². The summed E-state index contributed by atoms with van der Waals surface area (Å²) < 4.78 is 38.6. The third-order valence-corrected chi connectivity index (χ3v) is 1.43. The normalized spacial score (nSPS) is 14.1. The van der Waals surface area contributed by atoms with Crippen LogP contribution in [0.15, 0.2) is 0 Å². The zero-order valence-corrected chi connectivity index (χ0v) is 6.94. The van der Waals surface area contributed by atoms with Gasteiger partial charge in [0.2, 0.25) is 0 Å². The summed E-state index contributed by atoms with van der Waals surface area (Å²) in [4.78, 5) is 10.1. The van der Waals surface area contributed by atoms with Crippen molar-refractivity contribution in [2.45, 2.75) is 26.4 Å². The van der Waals surface area contributed by atoms with Gasteiger partial charge in [-0.1, -0.05) is 20.3 Å². The number of rotatable bonds is 3. The van der Waals surface area contributed by atoms with Crippen molar-refractivity contribution < 1.29 is 22.7 Å². The summed E-state index contributed by atoms with van der Waals surface area (Å²) in [5, 5.41) is 0. The van der Waals surface area contributed by atoms with E-state index in [-0.39, 0.29) is 12.5 Å². The molecule has 0 aliphatic carbocycles. The quantitative estimate of drug-likeness (QED) is 0.628. The summed E-state index contributed by atoms with van der Waals surface area (Å²) in [6, 6.07) is 0. The predicted molar refractivity (Wildman–Crippen MR) is 36.5 cm³/mol. The zero-order chi connectivity index (χ0) is 9.78. The monoisotopic (exact) mass is 184 g/mol. The number of carbonyl (C=O) groups excluding carboxylic acids is 1. The van der Waals surface area contributed by atoms with Crippen LogP contribution in [-0.2, 0) is 9.53 Å². The second kappa shape index (κ2) is 4.33. The van der Waals surface area contributed by atoms with Crippen molar-refractivity contribution in [3.8, 4) is 0 Å². The van der Waals surface area contributed by atoms with Gasteiger partial charge < -0.3 is 4.74 Å². The third kappa shape index (κ3) is 4.20. The van der Waals surface area contributed by atoms with E-state index in [0.717, 1.165) is 0 Å². The number of hydrogen-bond donors (Lipinski definition) is 0. The number of halogens is 3. The zero-order valence-electron chi connectivity index (χ0n) is 6.94. The molecule has 0 heterocycles. The Labute approximate surface area is 68.7 Å². The molecule has 0 aliphatic heterocycles. The average molecular weight is 184 g/mol. The van der Waals surface area contributed by atoms with Gasteiger partial charge in [0.25, 0.3) is 0 Å². The van der Waals surface area contributed by atoms with E-state index >= 15 is 0 Å². The van der Waals surface area contributed by atoms with Crippen molar-refractivity contribution in [1.82, 2.24) is 0 Å². The van der Waals surface area contributed by atoms with Crippen molar-refractivity contribution in [3.05, 3.63) is 0 Å². The van der Waals surface area contributed by atoms with Crippen molar-refractivity contribution in [1.29, 1.82) is 0 Å².